The van der Waals surface area contributed by atoms with E-state index in [1.807, 2.05) is 0 Å². The Morgan fingerprint density at radius 3 is 2.21 bits per heavy atom. The van der Waals surface area contributed by atoms with E-state index in [0.29, 0.717) is 11.8 Å². The van der Waals surface area contributed by atoms with Crippen LogP contribution in [-0.4, -0.2) is 4.57 Å². The van der Waals surface area contributed by atoms with Gasteiger partial charge in [-0.3, -0.25) is 0 Å². The summed E-state index contributed by atoms with van der Waals surface area (Å²) < 4.78 is 2.51. The summed E-state index contributed by atoms with van der Waals surface area (Å²) in [5.74, 6) is 1.32. The highest BCUT2D eigenvalue weighted by molar-refractivity contribution is 5.29. The molecule has 2 rings (SSSR count). The third-order valence-corrected chi connectivity index (χ3v) is 3.10. The van der Waals surface area contributed by atoms with E-state index in [9.17, 15) is 0 Å². The van der Waals surface area contributed by atoms with Gasteiger partial charge in [0.05, 0.1) is 0 Å². The highest BCUT2D eigenvalue weighted by Crippen LogP contribution is 2.40. The SMILES string of the molecule is CC(C)c1ccn(C2CC2)c1C(C)C. The maximum Gasteiger partial charge on any atom is 0.0335 e. The summed E-state index contributed by atoms with van der Waals surface area (Å²) in [5.41, 5.74) is 3.12. The molecule has 1 aliphatic rings. The standard InChI is InChI=1S/C13H21N/c1-9(2)12-7-8-14(11-5-6-11)13(12)10(3)4/h7-11H,5-6H2,1-4H3. The third kappa shape index (κ3) is 1.60. The summed E-state index contributed by atoms with van der Waals surface area (Å²) in [4.78, 5) is 0. The van der Waals surface area contributed by atoms with Crippen molar-refractivity contribution in [2.75, 3.05) is 0 Å². The first-order chi connectivity index (χ1) is 6.61. The average Bonchev–Trinajstić information content (AvgIpc) is 2.83. The van der Waals surface area contributed by atoms with E-state index in [1.54, 1.807) is 11.3 Å². The minimum Gasteiger partial charge on any atom is -0.348 e. The number of aromatic nitrogens is 1. The number of nitrogens with zero attached hydrogens (tertiary/aromatic N) is 1. The molecule has 1 nitrogen and oxygen atoms in total. The molecule has 0 spiro atoms. The fourth-order valence-electron chi connectivity index (χ4n) is 2.27. The van der Waals surface area contributed by atoms with E-state index in [0.717, 1.165) is 6.04 Å². The predicted molar refractivity (Wildman–Crippen MR) is 60.9 cm³/mol. The van der Waals surface area contributed by atoms with Crippen molar-refractivity contribution in [3.8, 4) is 0 Å². The van der Waals surface area contributed by atoms with Gasteiger partial charge in [0.2, 0.25) is 0 Å². The zero-order valence-corrected chi connectivity index (χ0v) is 9.75. The van der Waals surface area contributed by atoms with Crippen molar-refractivity contribution in [3.63, 3.8) is 0 Å². The summed E-state index contributed by atoms with van der Waals surface area (Å²) in [6.07, 6.45) is 5.06. The van der Waals surface area contributed by atoms with Crippen LogP contribution < -0.4 is 0 Å². The Balaban J connectivity index is 2.41. The predicted octanol–water partition coefficient (Wildman–Crippen LogP) is 4.07. The maximum absolute atomic E-state index is 2.51. The lowest BCUT2D eigenvalue weighted by Gasteiger charge is -2.15. The molecule has 0 unspecified atom stereocenters. The Morgan fingerprint density at radius 1 is 1.14 bits per heavy atom. The molecule has 0 amide bonds. The van der Waals surface area contributed by atoms with Crippen molar-refractivity contribution in [1.82, 2.24) is 4.57 Å². The normalized spacial score (nSPS) is 17.0. The minimum atomic E-state index is 0.656. The van der Waals surface area contributed by atoms with Gasteiger partial charge in [-0.1, -0.05) is 27.7 Å². The van der Waals surface area contributed by atoms with Crippen molar-refractivity contribution in [2.45, 2.75) is 58.4 Å². The Bertz CT molecular complexity index is 296. The van der Waals surface area contributed by atoms with Gasteiger partial charge in [0.1, 0.15) is 0 Å². The molecule has 1 aromatic rings. The van der Waals surface area contributed by atoms with Crippen molar-refractivity contribution < 1.29 is 0 Å². The molecular formula is C13H21N. The molecule has 0 N–H and O–H groups in total. The monoisotopic (exact) mass is 191 g/mol. The molecule has 1 heterocycles. The van der Waals surface area contributed by atoms with Crippen molar-refractivity contribution in [1.29, 1.82) is 0 Å². The first kappa shape index (κ1) is 9.82. The number of rotatable bonds is 3. The number of hydrogen-bond acceptors (Lipinski definition) is 0. The minimum absolute atomic E-state index is 0.656. The lowest BCUT2D eigenvalue weighted by atomic mass is 9.97. The second-order valence-corrected chi connectivity index (χ2v) is 5.10. The largest absolute Gasteiger partial charge is 0.348 e. The molecule has 1 saturated carbocycles. The molecule has 1 aromatic heterocycles. The first-order valence-electron chi connectivity index (χ1n) is 5.82. The van der Waals surface area contributed by atoms with Crippen LogP contribution in [-0.2, 0) is 0 Å². The summed E-state index contributed by atoms with van der Waals surface area (Å²) >= 11 is 0. The van der Waals surface area contributed by atoms with Crippen LogP contribution in [0.15, 0.2) is 12.3 Å². The summed E-state index contributed by atoms with van der Waals surface area (Å²) in [5, 5.41) is 0. The van der Waals surface area contributed by atoms with E-state index >= 15 is 0 Å². The molecule has 0 saturated heterocycles. The lowest BCUT2D eigenvalue weighted by Crippen LogP contribution is -2.04. The first-order valence-corrected chi connectivity index (χ1v) is 5.82. The van der Waals surface area contributed by atoms with Crippen LogP contribution in [0, 0.1) is 0 Å². The van der Waals surface area contributed by atoms with Gasteiger partial charge in [-0.15, -0.1) is 0 Å². The Morgan fingerprint density at radius 2 is 1.79 bits per heavy atom. The third-order valence-electron chi connectivity index (χ3n) is 3.10. The van der Waals surface area contributed by atoms with E-state index in [1.165, 1.54) is 12.8 Å². The molecule has 1 heteroatoms. The molecular weight excluding hydrogens is 170 g/mol. The van der Waals surface area contributed by atoms with E-state index in [4.69, 9.17) is 0 Å². The molecule has 1 fully saturated rings. The van der Waals surface area contributed by atoms with Crippen molar-refractivity contribution >= 4 is 0 Å². The second kappa shape index (κ2) is 3.45. The van der Waals surface area contributed by atoms with Gasteiger partial charge >= 0.3 is 0 Å². The van der Waals surface area contributed by atoms with Crippen molar-refractivity contribution in [2.24, 2.45) is 0 Å². The molecule has 0 aliphatic heterocycles. The van der Waals surface area contributed by atoms with Crippen LogP contribution in [0.25, 0.3) is 0 Å². The van der Waals surface area contributed by atoms with E-state index in [2.05, 4.69) is 44.5 Å². The van der Waals surface area contributed by atoms with Gasteiger partial charge in [0, 0.05) is 17.9 Å². The Labute approximate surface area is 87.1 Å². The second-order valence-electron chi connectivity index (χ2n) is 5.10. The topological polar surface area (TPSA) is 4.93 Å². The summed E-state index contributed by atoms with van der Waals surface area (Å²) in [6.45, 7) is 9.19. The van der Waals surface area contributed by atoms with Crippen molar-refractivity contribution in [3.05, 3.63) is 23.5 Å². The molecule has 0 atom stereocenters. The molecule has 78 valence electrons. The highest BCUT2D eigenvalue weighted by Gasteiger charge is 2.27. The van der Waals surface area contributed by atoms with Gasteiger partial charge in [0.15, 0.2) is 0 Å². The molecule has 1 aliphatic carbocycles. The smallest absolute Gasteiger partial charge is 0.0335 e. The molecule has 14 heavy (non-hydrogen) atoms. The van der Waals surface area contributed by atoms with Crippen LogP contribution in [0.3, 0.4) is 0 Å². The van der Waals surface area contributed by atoms with Crippen LogP contribution >= 0.6 is 0 Å². The van der Waals surface area contributed by atoms with Crippen LogP contribution in [0.5, 0.6) is 0 Å². The van der Waals surface area contributed by atoms with Gasteiger partial charge in [-0.05, 0) is 36.3 Å². The quantitative estimate of drug-likeness (QED) is 0.678. The average molecular weight is 191 g/mol. The Hall–Kier alpha value is -0.720. The van der Waals surface area contributed by atoms with Gasteiger partial charge in [-0.2, -0.15) is 0 Å². The van der Waals surface area contributed by atoms with Gasteiger partial charge in [0.25, 0.3) is 0 Å². The highest BCUT2D eigenvalue weighted by atomic mass is 15.0. The Kier molecular flexibility index (Phi) is 2.42. The zero-order chi connectivity index (χ0) is 10.3. The maximum atomic E-state index is 2.51. The number of hydrogen-bond donors (Lipinski definition) is 0. The van der Waals surface area contributed by atoms with Gasteiger partial charge in [-0.25, -0.2) is 0 Å². The zero-order valence-electron chi connectivity index (χ0n) is 9.75. The van der Waals surface area contributed by atoms with Crippen LogP contribution in [0.1, 0.15) is 69.7 Å². The lowest BCUT2D eigenvalue weighted by molar-refractivity contribution is 0.644. The summed E-state index contributed by atoms with van der Waals surface area (Å²) in [6, 6.07) is 3.14. The van der Waals surface area contributed by atoms with E-state index in [-0.39, 0.29) is 0 Å². The fourth-order valence-corrected chi connectivity index (χ4v) is 2.27. The molecule has 0 bridgehead atoms. The van der Waals surface area contributed by atoms with E-state index < -0.39 is 0 Å². The summed E-state index contributed by atoms with van der Waals surface area (Å²) in [7, 11) is 0. The van der Waals surface area contributed by atoms with Crippen LogP contribution in [0.4, 0.5) is 0 Å². The molecule has 0 aromatic carbocycles. The van der Waals surface area contributed by atoms with Gasteiger partial charge < -0.3 is 4.57 Å². The van der Waals surface area contributed by atoms with Crippen LogP contribution in [0.2, 0.25) is 0 Å². The molecule has 0 radical (unpaired) electrons. The fraction of sp³-hybridized carbons (Fsp3) is 0.692.